The summed E-state index contributed by atoms with van der Waals surface area (Å²) in [5.74, 6) is -1.89. The van der Waals surface area contributed by atoms with E-state index in [1.807, 2.05) is 20.8 Å². The Morgan fingerprint density at radius 3 is 2.63 bits per heavy atom. The van der Waals surface area contributed by atoms with E-state index < -0.39 is 22.8 Å². The zero-order valence-corrected chi connectivity index (χ0v) is 17.5. The highest BCUT2D eigenvalue weighted by Crippen LogP contribution is 2.38. The van der Waals surface area contributed by atoms with Gasteiger partial charge in [0.25, 0.3) is 0 Å². The van der Waals surface area contributed by atoms with Gasteiger partial charge in [0, 0.05) is 42.8 Å². The number of anilines is 1. The van der Waals surface area contributed by atoms with Crippen LogP contribution in [0.15, 0.2) is 23.1 Å². The summed E-state index contributed by atoms with van der Waals surface area (Å²) in [6.07, 6.45) is 3.66. The van der Waals surface area contributed by atoms with Crippen molar-refractivity contribution in [2.24, 2.45) is 0 Å². The van der Waals surface area contributed by atoms with Gasteiger partial charge in [-0.2, -0.15) is 0 Å². The molecular formula is C22H28FN3O4. The number of benzene rings is 1. The van der Waals surface area contributed by atoms with Gasteiger partial charge < -0.3 is 25.0 Å². The summed E-state index contributed by atoms with van der Waals surface area (Å²) in [5.41, 5.74) is -1.27. The van der Waals surface area contributed by atoms with Crippen molar-refractivity contribution < 1.29 is 19.4 Å². The first kappa shape index (κ1) is 20.8. The van der Waals surface area contributed by atoms with E-state index in [0.717, 1.165) is 18.9 Å². The monoisotopic (exact) mass is 417 g/mol. The Labute approximate surface area is 174 Å². The van der Waals surface area contributed by atoms with Gasteiger partial charge in [0.1, 0.15) is 11.4 Å². The molecule has 0 amide bonds. The zero-order valence-electron chi connectivity index (χ0n) is 17.5. The predicted molar refractivity (Wildman–Crippen MR) is 113 cm³/mol. The van der Waals surface area contributed by atoms with E-state index in [9.17, 15) is 19.8 Å². The van der Waals surface area contributed by atoms with Gasteiger partial charge in [-0.05, 0) is 52.2 Å². The number of carbonyl (C=O) groups is 1. The molecule has 2 fully saturated rings. The van der Waals surface area contributed by atoms with Gasteiger partial charge in [-0.3, -0.25) is 4.79 Å². The number of hydrogen-bond donors (Lipinski definition) is 3. The lowest BCUT2D eigenvalue weighted by Crippen LogP contribution is -2.49. The normalized spacial score (nSPS) is 22.1. The zero-order chi connectivity index (χ0) is 21.8. The summed E-state index contributed by atoms with van der Waals surface area (Å²) in [6.45, 7) is 7.24. The van der Waals surface area contributed by atoms with Crippen molar-refractivity contribution in [2.45, 2.75) is 57.2 Å². The van der Waals surface area contributed by atoms with E-state index in [0.29, 0.717) is 30.7 Å². The maximum absolute atomic E-state index is 15.0. The summed E-state index contributed by atoms with van der Waals surface area (Å²) in [6, 6.07) is 2.89. The molecule has 1 saturated heterocycles. The molecule has 2 aliphatic rings. The first-order valence-corrected chi connectivity index (χ1v) is 10.3. The smallest absolute Gasteiger partial charge is 0.341 e. The minimum Gasteiger partial charge on any atom is -0.477 e. The minimum absolute atomic E-state index is 0.0758. The fraction of sp³-hybridized carbons (Fsp3) is 0.545. The van der Waals surface area contributed by atoms with Crippen molar-refractivity contribution in [1.82, 2.24) is 9.88 Å². The van der Waals surface area contributed by atoms with E-state index >= 15 is 4.39 Å². The average Bonchev–Trinajstić information content (AvgIpc) is 3.42. The van der Waals surface area contributed by atoms with Crippen LogP contribution in [-0.4, -0.2) is 51.5 Å². The van der Waals surface area contributed by atoms with Gasteiger partial charge >= 0.3 is 5.97 Å². The van der Waals surface area contributed by atoms with Crippen molar-refractivity contribution in [1.29, 1.82) is 0 Å². The van der Waals surface area contributed by atoms with Crippen LogP contribution in [0.1, 0.15) is 56.4 Å². The van der Waals surface area contributed by atoms with E-state index in [-0.39, 0.29) is 29.1 Å². The molecule has 4 rings (SSSR count). The number of pyridine rings is 1. The van der Waals surface area contributed by atoms with Crippen molar-refractivity contribution in [3.05, 3.63) is 39.9 Å². The van der Waals surface area contributed by atoms with Crippen LogP contribution in [0.2, 0.25) is 0 Å². The molecule has 1 atom stereocenters. The lowest BCUT2D eigenvalue weighted by Gasteiger charge is -2.29. The van der Waals surface area contributed by atoms with E-state index in [2.05, 4.69) is 5.32 Å². The highest BCUT2D eigenvalue weighted by Gasteiger charge is 2.38. The molecule has 0 bridgehead atoms. The number of nitrogens with one attached hydrogen (secondary N) is 1. The summed E-state index contributed by atoms with van der Waals surface area (Å²) in [7, 11) is 0. The third kappa shape index (κ3) is 3.94. The van der Waals surface area contributed by atoms with Crippen molar-refractivity contribution in [2.75, 3.05) is 24.5 Å². The molecule has 7 nitrogen and oxygen atoms in total. The molecule has 1 aliphatic carbocycles. The number of aliphatic hydroxyl groups is 1. The van der Waals surface area contributed by atoms with Crippen LogP contribution in [0.5, 0.6) is 0 Å². The summed E-state index contributed by atoms with van der Waals surface area (Å²) < 4.78 is 16.8. The third-order valence-corrected chi connectivity index (χ3v) is 5.89. The van der Waals surface area contributed by atoms with Crippen molar-refractivity contribution >= 4 is 22.6 Å². The standard InChI is InChI=1S/C22H28FN3O4/c1-21(2,3)24-11-22(30)6-7-25(12-22)18-9-17-14(8-16(18)23)19(27)15(20(28)29)10-26(17)13-4-5-13/h8-10,13,24,30H,4-7,11-12H2,1-3H3,(H,28,29). The SMILES string of the molecule is CC(C)(C)NCC1(O)CCN(c2cc3c(cc2F)c(=O)c(C(=O)O)cn3C2CC2)C1. The number of aromatic nitrogens is 1. The molecule has 1 unspecified atom stereocenters. The predicted octanol–water partition coefficient (Wildman–Crippen LogP) is 2.50. The maximum atomic E-state index is 15.0. The summed E-state index contributed by atoms with van der Waals surface area (Å²) in [4.78, 5) is 25.9. The maximum Gasteiger partial charge on any atom is 0.341 e. The van der Waals surface area contributed by atoms with Gasteiger partial charge in [0.15, 0.2) is 0 Å². The number of fused-ring (bicyclic) bond motifs is 1. The molecule has 162 valence electrons. The number of aromatic carboxylic acids is 1. The summed E-state index contributed by atoms with van der Waals surface area (Å²) in [5, 5.41) is 23.7. The largest absolute Gasteiger partial charge is 0.477 e. The molecular weight excluding hydrogens is 389 g/mol. The van der Waals surface area contributed by atoms with Crippen molar-refractivity contribution in [3.63, 3.8) is 0 Å². The second-order valence-electron chi connectivity index (χ2n) is 9.64. The number of carboxylic acids is 1. The quantitative estimate of drug-likeness (QED) is 0.692. The number of rotatable bonds is 5. The van der Waals surface area contributed by atoms with Crippen molar-refractivity contribution in [3.8, 4) is 0 Å². The molecule has 30 heavy (non-hydrogen) atoms. The van der Waals surface area contributed by atoms with Crippen LogP contribution in [0.4, 0.5) is 10.1 Å². The van der Waals surface area contributed by atoms with E-state index in [4.69, 9.17) is 0 Å². The van der Waals surface area contributed by atoms with E-state index in [1.165, 1.54) is 6.20 Å². The molecule has 1 aliphatic heterocycles. The van der Waals surface area contributed by atoms with Gasteiger partial charge in [-0.15, -0.1) is 0 Å². The van der Waals surface area contributed by atoms with Gasteiger partial charge in [0.2, 0.25) is 5.43 Å². The third-order valence-electron chi connectivity index (χ3n) is 5.89. The fourth-order valence-electron chi connectivity index (χ4n) is 4.04. The van der Waals surface area contributed by atoms with E-state index in [1.54, 1.807) is 15.5 Å². The lowest BCUT2D eigenvalue weighted by atomic mass is 10.0. The Balaban J connectivity index is 1.72. The first-order chi connectivity index (χ1) is 14.0. The van der Waals surface area contributed by atoms with Crippen LogP contribution in [0, 0.1) is 5.82 Å². The van der Waals surface area contributed by atoms with Crippen LogP contribution >= 0.6 is 0 Å². The number of β-amino-alcohol motifs (C(OH)–C–C–N with tert-alkyl or cyclic N) is 1. The molecule has 2 heterocycles. The van der Waals surface area contributed by atoms with Crippen LogP contribution in [-0.2, 0) is 0 Å². The topological polar surface area (TPSA) is 94.8 Å². The Morgan fingerprint density at radius 1 is 1.33 bits per heavy atom. The molecule has 3 N–H and O–H groups in total. The first-order valence-electron chi connectivity index (χ1n) is 10.3. The Kier molecular flexibility index (Phi) is 4.90. The Hall–Kier alpha value is -2.45. The van der Waals surface area contributed by atoms with Crippen LogP contribution < -0.4 is 15.6 Å². The highest BCUT2D eigenvalue weighted by atomic mass is 19.1. The van der Waals surface area contributed by atoms with Crippen LogP contribution in [0.3, 0.4) is 0 Å². The molecule has 2 aromatic rings. The molecule has 1 aromatic heterocycles. The number of carboxylic acid groups (broad SMARTS) is 1. The lowest BCUT2D eigenvalue weighted by molar-refractivity contribution is 0.0562. The highest BCUT2D eigenvalue weighted by molar-refractivity contribution is 5.93. The molecule has 1 aromatic carbocycles. The average molecular weight is 417 g/mol. The number of halogens is 1. The minimum atomic E-state index is -1.31. The molecule has 0 spiro atoms. The Morgan fingerprint density at radius 2 is 2.03 bits per heavy atom. The molecule has 8 heteroatoms. The number of hydrogen-bond acceptors (Lipinski definition) is 5. The fourth-order valence-corrected chi connectivity index (χ4v) is 4.04. The Bertz CT molecular complexity index is 1070. The molecule has 1 saturated carbocycles. The second kappa shape index (κ2) is 7.06. The summed E-state index contributed by atoms with van der Waals surface area (Å²) >= 11 is 0. The second-order valence-corrected chi connectivity index (χ2v) is 9.64. The van der Waals surface area contributed by atoms with Crippen LogP contribution in [0.25, 0.3) is 10.9 Å². The van der Waals surface area contributed by atoms with Gasteiger partial charge in [-0.25, -0.2) is 9.18 Å². The van der Waals surface area contributed by atoms with Gasteiger partial charge in [-0.1, -0.05) is 0 Å². The number of nitrogens with zero attached hydrogens (tertiary/aromatic N) is 2. The van der Waals surface area contributed by atoms with Gasteiger partial charge in [0.05, 0.1) is 16.8 Å². The molecule has 0 radical (unpaired) electrons.